The summed E-state index contributed by atoms with van der Waals surface area (Å²) in [5.74, 6) is -0.557. The normalized spacial score (nSPS) is 18.3. The Balaban J connectivity index is 1.80. The van der Waals surface area contributed by atoms with Crippen LogP contribution in [0, 0.1) is 5.92 Å². The number of hydrogen-bond donors (Lipinski definition) is 1. The van der Waals surface area contributed by atoms with Crippen molar-refractivity contribution in [2.75, 3.05) is 13.1 Å². The minimum atomic E-state index is -4.34. The first kappa shape index (κ1) is 18.3. The van der Waals surface area contributed by atoms with E-state index in [0.29, 0.717) is 19.5 Å². The first-order chi connectivity index (χ1) is 11.2. The molecule has 1 heterocycles. The lowest BCUT2D eigenvalue weighted by molar-refractivity contribution is -0.137. The van der Waals surface area contributed by atoms with Gasteiger partial charge in [0.05, 0.1) is 11.5 Å². The van der Waals surface area contributed by atoms with Gasteiger partial charge in [0.25, 0.3) is 0 Å². The van der Waals surface area contributed by atoms with Crippen LogP contribution in [0.3, 0.4) is 0 Å². The van der Waals surface area contributed by atoms with Crippen molar-refractivity contribution in [2.45, 2.75) is 38.9 Å². The number of carbonyl (C=O) groups excluding carboxylic acids is 2. The number of nitrogens with one attached hydrogen (secondary N) is 1. The fraction of sp³-hybridized carbons (Fsp3) is 0.529. The predicted octanol–water partition coefficient (Wildman–Crippen LogP) is 2.62. The van der Waals surface area contributed by atoms with Crippen molar-refractivity contribution in [2.24, 2.45) is 5.92 Å². The number of alkyl halides is 3. The molecule has 1 saturated heterocycles. The maximum absolute atomic E-state index is 12.5. The molecule has 0 spiro atoms. The molecular weight excluding hydrogens is 321 g/mol. The third-order valence-electron chi connectivity index (χ3n) is 4.15. The molecule has 0 radical (unpaired) electrons. The Morgan fingerprint density at radius 2 is 1.92 bits per heavy atom. The maximum atomic E-state index is 12.5. The van der Waals surface area contributed by atoms with Gasteiger partial charge in [0.2, 0.25) is 11.8 Å². The van der Waals surface area contributed by atoms with Crippen LogP contribution in [0.4, 0.5) is 13.2 Å². The monoisotopic (exact) mass is 342 g/mol. The number of rotatable bonds is 5. The average molecular weight is 342 g/mol. The van der Waals surface area contributed by atoms with E-state index in [9.17, 15) is 22.8 Å². The maximum Gasteiger partial charge on any atom is 0.416 e. The molecule has 1 fully saturated rings. The number of carbonyl (C=O) groups is 2. The van der Waals surface area contributed by atoms with E-state index in [0.717, 1.165) is 17.7 Å². The van der Waals surface area contributed by atoms with E-state index >= 15 is 0 Å². The fourth-order valence-electron chi connectivity index (χ4n) is 2.74. The third kappa shape index (κ3) is 4.49. The van der Waals surface area contributed by atoms with Crippen LogP contribution >= 0.6 is 0 Å². The van der Waals surface area contributed by atoms with Gasteiger partial charge in [-0.3, -0.25) is 9.59 Å². The van der Waals surface area contributed by atoms with Crippen molar-refractivity contribution in [3.05, 3.63) is 35.4 Å². The molecule has 4 nitrogen and oxygen atoms in total. The largest absolute Gasteiger partial charge is 0.416 e. The molecule has 132 valence electrons. The van der Waals surface area contributed by atoms with Gasteiger partial charge in [-0.25, -0.2) is 0 Å². The van der Waals surface area contributed by atoms with Crippen molar-refractivity contribution in [1.82, 2.24) is 10.2 Å². The Kier molecular flexibility index (Phi) is 5.51. The van der Waals surface area contributed by atoms with Gasteiger partial charge in [0, 0.05) is 25.6 Å². The molecule has 1 atom stereocenters. The Bertz CT molecular complexity index is 597. The summed E-state index contributed by atoms with van der Waals surface area (Å²) in [6, 6.07) is 4.96. The zero-order chi connectivity index (χ0) is 17.9. The molecule has 0 unspecified atom stereocenters. The summed E-state index contributed by atoms with van der Waals surface area (Å²) in [6.07, 6.45) is -3.69. The SMILES string of the molecule is CC(C)N1C[C@@H](C(=O)NCCc2ccc(C(F)(F)F)cc2)CC1=O. The summed E-state index contributed by atoms with van der Waals surface area (Å²) < 4.78 is 37.4. The van der Waals surface area contributed by atoms with Crippen molar-refractivity contribution in [3.8, 4) is 0 Å². The Hall–Kier alpha value is -2.05. The molecule has 2 amide bonds. The zero-order valence-electron chi connectivity index (χ0n) is 13.7. The van der Waals surface area contributed by atoms with E-state index in [4.69, 9.17) is 0 Å². The molecule has 1 aliphatic heterocycles. The molecule has 7 heteroatoms. The number of benzene rings is 1. The van der Waals surface area contributed by atoms with Gasteiger partial charge in [-0.2, -0.15) is 13.2 Å². The molecule has 0 aromatic heterocycles. The minimum Gasteiger partial charge on any atom is -0.355 e. The van der Waals surface area contributed by atoms with E-state index < -0.39 is 11.7 Å². The second kappa shape index (κ2) is 7.23. The van der Waals surface area contributed by atoms with Crippen molar-refractivity contribution < 1.29 is 22.8 Å². The van der Waals surface area contributed by atoms with Crippen LogP contribution in [0.25, 0.3) is 0 Å². The Labute approximate surface area is 139 Å². The van der Waals surface area contributed by atoms with Gasteiger partial charge in [0.15, 0.2) is 0 Å². The van der Waals surface area contributed by atoms with E-state index in [2.05, 4.69) is 5.32 Å². The van der Waals surface area contributed by atoms with Gasteiger partial charge in [-0.05, 0) is 38.0 Å². The number of halogens is 3. The van der Waals surface area contributed by atoms with Crippen molar-refractivity contribution in [1.29, 1.82) is 0 Å². The number of nitrogens with zero attached hydrogens (tertiary/aromatic N) is 1. The topological polar surface area (TPSA) is 49.4 Å². The molecule has 1 aromatic rings. The van der Waals surface area contributed by atoms with E-state index in [1.807, 2.05) is 13.8 Å². The zero-order valence-corrected chi connectivity index (χ0v) is 13.7. The van der Waals surface area contributed by atoms with Crippen LogP contribution in [-0.2, 0) is 22.2 Å². The summed E-state index contributed by atoms with van der Waals surface area (Å²) in [6.45, 7) is 4.56. The van der Waals surface area contributed by atoms with Gasteiger partial charge in [0.1, 0.15) is 0 Å². The fourth-order valence-corrected chi connectivity index (χ4v) is 2.74. The van der Waals surface area contributed by atoms with Crippen LogP contribution in [-0.4, -0.2) is 35.8 Å². The lowest BCUT2D eigenvalue weighted by atomic mass is 10.1. The van der Waals surface area contributed by atoms with Crippen molar-refractivity contribution >= 4 is 11.8 Å². The highest BCUT2D eigenvalue weighted by Crippen LogP contribution is 2.29. The first-order valence-corrected chi connectivity index (χ1v) is 7.92. The Morgan fingerprint density at radius 3 is 2.42 bits per heavy atom. The van der Waals surface area contributed by atoms with Crippen molar-refractivity contribution in [3.63, 3.8) is 0 Å². The van der Waals surface area contributed by atoms with Gasteiger partial charge < -0.3 is 10.2 Å². The van der Waals surface area contributed by atoms with E-state index in [-0.39, 0.29) is 30.2 Å². The summed E-state index contributed by atoms with van der Waals surface area (Å²) in [7, 11) is 0. The highest BCUT2D eigenvalue weighted by atomic mass is 19.4. The lowest BCUT2D eigenvalue weighted by Crippen LogP contribution is -2.36. The third-order valence-corrected chi connectivity index (χ3v) is 4.15. The van der Waals surface area contributed by atoms with Crippen LogP contribution < -0.4 is 5.32 Å². The summed E-state index contributed by atoms with van der Waals surface area (Å²) in [4.78, 5) is 25.6. The summed E-state index contributed by atoms with van der Waals surface area (Å²) >= 11 is 0. The summed E-state index contributed by atoms with van der Waals surface area (Å²) in [5, 5.41) is 2.76. The molecular formula is C17H21F3N2O2. The number of amides is 2. The first-order valence-electron chi connectivity index (χ1n) is 7.92. The molecule has 24 heavy (non-hydrogen) atoms. The number of likely N-dealkylation sites (tertiary alicyclic amines) is 1. The molecule has 0 bridgehead atoms. The van der Waals surface area contributed by atoms with Gasteiger partial charge in [-0.1, -0.05) is 12.1 Å². The molecule has 2 rings (SSSR count). The van der Waals surface area contributed by atoms with Crippen LogP contribution in [0.1, 0.15) is 31.4 Å². The molecule has 1 aliphatic rings. The van der Waals surface area contributed by atoms with Crippen LogP contribution in [0.15, 0.2) is 24.3 Å². The van der Waals surface area contributed by atoms with Gasteiger partial charge in [-0.15, -0.1) is 0 Å². The van der Waals surface area contributed by atoms with E-state index in [1.165, 1.54) is 12.1 Å². The second-order valence-corrected chi connectivity index (χ2v) is 6.28. The summed E-state index contributed by atoms with van der Waals surface area (Å²) in [5.41, 5.74) is 0.0307. The molecule has 1 N–H and O–H groups in total. The minimum absolute atomic E-state index is 0.0205. The lowest BCUT2D eigenvalue weighted by Gasteiger charge is -2.20. The molecule has 1 aromatic carbocycles. The van der Waals surface area contributed by atoms with E-state index in [1.54, 1.807) is 4.90 Å². The van der Waals surface area contributed by atoms with Gasteiger partial charge >= 0.3 is 6.18 Å². The Morgan fingerprint density at radius 1 is 1.29 bits per heavy atom. The van der Waals surface area contributed by atoms with Crippen LogP contribution in [0.2, 0.25) is 0 Å². The molecule has 0 saturated carbocycles. The average Bonchev–Trinajstić information content (AvgIpc) is 2.89. The quantitative estimate of drug-likeness (QED) is 0.894. The van der Waals surface area contributed by atoms with Crippen LogP contribution in [0.5, 0.6) is 0 Å². The predicted molar refractivity (Wildman–Crippen MR) is 83.1 cm³/mol. The highest BCUT2D eigenvalue weighted by molar-refractivity contribution is 5.89. The standard InChI is InChI=1S/C17H21F3N2O2/c1-11(2)22-10-13(9-15(22)23)16(24)21-8-7-12-3-5-14(6-4-12)17(18,19)20/h3-6,11,13H,7-10H2,1-2H3,(H,21,24)/t13-/m0/s1. The smallest absolute Gasteiger partial charge is 0.355 e. The highest BCUT2D eigenvalue weighted by Gasteiger charge is 2.35. The molecule has 0 aliphatic carbocycles. The number of hydrogen-bond acceptors (Lipinski definition) is 2. The second-order valence-electron chi connectivity index (χ2n) is 6.28.